The molecule has 2 nitrogen and oxygen atoms in total. The first-order valence-electron chi connectivity index (χ1n) is 7.76. The highest BCUT2D eigenvalue weighted by Gasteiger charge is 2.24. The van der Waals surface area contributed by atoms with Crippen molar-refractivity contribution in [3.05, 3.63) is 64.2 Å². The minimum absolute atomic E-state index is 0.198. The summed E-state index contributed by atoms with van der Waals surface area (Å²) in [4.78, 5) is 0. The van der Waals surface area contributed by atoms with Gasteiger partial charge < -0.3 is 10.1 Å². The van der Waals surface area contributed by atoms with E-state index in [-0.39, 0.29) is 6.04 Å². The van der Waals surface area contributed by atoms with Crippen LogP contribution in [0, 0.1) is 13.8 Å². The standard InChI is InChI=1S/C19H23NO/c1-4-20-18(17-13(2)7-5-8-14(17)3)16-10-6-9-15-11-12-21-19(15)16/h5-10,18,20H,4,11-12H2,1-3H3. The van der Waals surface area contributed by atoms with Crippen LogP contribution in [0.4, 0.5) is 0 Å². The lowest BCUT2D eigenvalue weighted by molar-refractivity contribution is 0.350. The Bertz CT molecular complexity index is 628. The summed E-state index contributed by atoms with van der Waals surface area (Å²) >= 11 is 0. The fourth-order valence-electron chi connectivity index (χ4n) is 3.32. The molecule has 0 aliphatic carbocycles. The molecule has 1 aliphatic rings. The first-order chi connectivity index (χ1) is 10.2. The topological polar surface area (TPSA) is 21.3 Å². The first kappa shape index (κ1) is 14.2. The molecule has 1 N–H and O–H groups in total. The van der Waals surface area contributed by atoms with Crippen LogP contribution >= 0.6 is 0 Å². The zero-order valence-electron chi connectivity index (χ0n) is 13.1. The minimum atomic E-state index is 0.198. The van der Waals surface area contributed by atoms with Gasteiger partial charge in [0.05, 0.1) is 12.6 Å². The number of para-hydroxylation sites is 1. The Hall–Kier alpha value is -1.80. The third-order valence-electron chi connectivity index (χ3n) is 4.29. The zero-order valence-corrected chi connectivity index (χ0v) is 13.1. The lowest BCUT2D eigenvalue weighted by Crippen LogP contribution is -2.24. The van der Waals surface area contributed by atoms with Gasteiger partial charge in [0.15, 0.2) is 0 Å². The second kappa shape index (κ2) is 5.90. The summed E-state index contributed by atoms with van der Waals surface area (Å²) in [5, 5.41) is 3.65. The molecule has 2 aromatic carbocycles. The smallest absolute Gasteiger partial charge is 0.127 e. The van der Waals surface area contributed by atoms with Gasteiger partial charge in [-0.2, -0.15) is 0 Å². The molecule has 110 valence electrons. The van der Waals surface area contributed by atoms with Crippen molar-refractivity contribution in [2.75, 3.05) is 13.2 Å². The van der Waals surface area contributed by atoms with Crippen LogP contribution in [0.15, 0.2) is 36.4 Å². The Morgan fingerprint density at radius 2 is 1.81 bits per heavy atom. The molecule has 0 radical (unpaired) electrons. The van der Waals surface area contributed by atoms with Crippen LogP contribution in [-0.4, -0.2) is 13.2 Å². The molecule has 1 heterocycles. The summed E-state index contributed by atoms with van der Waals surface area (Å²) in [5.41, 5.74) is 6.64. The predicted molar refractivity (Wildman–Crippen MR) is 87.1 cm³/mol. The Morgan fingerprint density at radius 1 is 1.10 bits per heavy atom. The molecule has 3 rings (SSSR count). The van der Waals surface area contributed by atoms with Crippen molar-refractivity contribution in [1.82, 2.24) is 5.32 Å². The molecule has 21 heavy (non-hydrogen) atoms. The largest absolute Gasteiger partial charge is 0.493 e. The molecule has 2 heteroatoms. The van der Waals surface area contributed by atoms with Crippen molar-refractivity contribution in [3.63, 3.8) is 0 Å². The van der Waals surface area contributed by atoms with Gasteiger partial charge in [-0.15, -0.1) is 0 Å². The lowest BCUT2D eigenvalue weighted by atomic mass is 9.90. The highest BCUT2D eigenvalue weighted by molar-refractivity contribution is 5.51. The molecule has 1 aliphatic heterocycles. The van der Waals surface area contributed by atoms with Crippen molar-refractivity contribution in [2.45, 2.75) is 33.2 Å². The van der Waals surface area contributed by atoms with Gasteiger partial charge in [0.2, 0.25) is 0 Å². The van der Waals surface area contributed by atoms with Crippen molar-refractivity contribution >= 4 is 0 Å². The maximum absolute atomic E-state index is 5.92. The van der Waals surface area contributed by atoms with Crippen molar-refractivity contribution < 1.29 is 4.74 Å². The van der Waals surface area contributed by atoms with E-state index in [1.54, 1.807) is 0 Å². The van der Waals surface area contributed by atoms with Crippen LogP contribution in [0.25, 0.3) is 0 Å². The third kappa shape index (κ3) is 2.56. The van der Waals surface area contributed by atoms with Gasteiger partial charge in [-0.05, 0) is 42.6 Å². The van der Waals surface area contributed by atoms with Crippen LogP contribution in [0.3, 0.4) is 0 Å². The number of nitrogens with one attached hydrogen (secondary N) is 1. The van der Waals surface area contributed by atoms with Crippen LogP contribution in [0.2, 0.25) is 0 Å². The molecule has 0 aromatic heterocycles. The van der Waals surface area contributed by atoms with Gasteiger partial charge in [0, 0.05) is 12.0 Å². The number of fused-ring (bicyclic) bond motifs is 1. The van der Waals surface area contributed by atoms with E-state index in [4.69, 9.17) is 4.74 Å². The molecule has 0 bridgehead atoms. The molecule has 2 aromatic rings. The second-order valence-corrected chi connectivity index (χ2v) is 5.73. The van der Waals surface area contributed by atoms with Gasteiger partial charge in [0.25, 0.3) is 0 Å². The number of rotatable bonds is 4. The van der Waals surface area contributed by atoms with Gasteiger partial charge in [-0.1, -0.05) is 43.3 Å². The van der Waals surface area contributed by atoms with Crippen LogP contribution in [-0.2, 0) is 6.42 Å². The monoisotopic (exact) mass is 281 g/mol. The quantitative estimate of drug-likeness (QED) is 0.916. The Morgan fingerprint density at radius 3 is 2.52 bits per heavy atom. The molecular weight excluding hydrogens is 258 g/mol. The highest BCUT2D eigenvalue weighted by Crippen LogP contribution is 2.37. The van der Waals surface area contributed by atoms with E-state index in [9.17, 15) is 0 Å². The van der Waals surface area contributed by atoms with E-state index in [1.807, 2.05) is 0 Å². The summed E-state index contributed by atoms with van der Waals surface area (Å²) in [7, 11) is 0. The molecule has 0 saturated carbocycles. The van der Waals surface area contributed by atoms with Crippen LogP contribution in [0.5, 0.6) is 5.75 Å². The molecule has 1 unspecified atom stereocenters. The average Bonchev–Trinajstić information content (AvgIpc) is 2.94. The summed E-state index contributed by atoms with van der Waals surface area (Å²) in [5.74, 6) is 1.09. The van der Waals surface area contributed by atoms with Gasteiger partial charge in [-0.3, -0.25) is 0 Å². The number of aryl methyl sites for hydroxylation is 2. The molecule has 0 spiro atoms. The SMILES string of the molecule is CCNC(c1cccc2c1OCC2)c1c(C)cccc1C. The van der Waals surface area contributed by atoms with Gasteiger partial charge in [0.1, 0.15) is 5.75 Å². The zero-order chi connectivity index (χ0) is 14.8. The number of benzene rings is 2. The molecular formula is C19H23NO. The molecule has 0 fully saturated rings. The van der Waals surface area contributed by atoms with E-state index in [1.165, 1.54) is 27.8 Å². The van der Waals surface area contributed by atoms with E-state index in [0.717, 1.165) is 25.3 Å². The summed E-state index contributed by atoms with van der Waals surface area (Å²) in [6.07, 6.45) is 1.02. The molecule has 1 atom stereocenters. The Balaban J connectivity index is 2.13. The summed E-state index contributed by atoms with van der Waals surface area (Å²) in [6, 6.07) is 13.2. The number of hydrogen-bond acceptors (Lipinski definition) is 2. The minimum Gasteiger partial charge on any atom is -0.493 e. The number of ether oxygens (including phenoxy) is 1. The maximum Gasteiger partial charge on any atom is 0.127 e. The van der Waals surface area contributed by atoms with E-state index in [2.05, 4.69) is 62.5 Å². The van der Waals surface area contributed by atoms with Gasteiger partial charge in [-0.25, -0.2) is 0 Å². The average molecular weight is 281 g/mol. The summed E-state index contributed by atoms with van der Waals surface area (Å²) in [6.45, 7) is 8.28. The van der Waals surface area contributed by atoms with E-state index in [0.29, 0.717) is 0 Å². The number of hydrogen-bond donors (Lipinski definition) is 1. The third-order valence-corrected chi connectivity index (χ3v) is 4.29. The Kier molecular flexibility index (Phi) is 3.98. The fraction of sp³-hybridized carbons (Fsp3) is 0.368. The van der Waals surface area contributed by atoms with Crippen LogP contribution < -0.4 is 10.1 Å². The van der Waals surface area contributed by atoms with Crippen molar-refractivity contribution in [3.8, 4) is 5.75 Å². The molecule has 0 amide bonds. The first-order valence-corrected chi connectivity index (χ1v) is 7.76. The Labute approximate surface area is 127 Å². The normalized spacial score (nSPS) is 14.6. The van der Waals surface area contributed by atoms with Gasteiger partial charge >= 0.3 is 0 Å². The maximum atomic E-state index is 5.92. The fourth-order valence-corrected chi connectivity index (χ4v) is 3.32. The second-order valence-electron chi connectivity index (χ2n) is 5.73. The molecule has 0 saturated heterocycles. The van der Waals surface area contributed by atoms with E-state index < -0.39 is 0 Å². The van der Waals surface area contributed by atoms with E-state index >= 15 is 0 Å². The van der Waals surface area contributed by atoms with Crippen molar-refractivity contribution in [1.29, 1.82) is 0 Å². The van der Waals surface area contributed by atoms with Crippen LogP contribution in [0.1, 0.15) is 40.8 Å². The van der Waals surface area contributed by atoms with Crippen molar-refractivity contribution in [2.24, 2.45) is 0 Å². The predicted octanol–water partition coefficient (Wildman–Crippen LogP) is 3.94. The lowest BCUT2D eigenvalue weighted by Gasteiger charge is -2.24. The highest BCUT2D eigenvalue weighted by atomic mass is 16.5. The summed E-state index contributed by atoms with van der Waals surface area (Å²) < 4.78 is 5.92.